The molecular formula is C25H30BrN7O5S. The molecule has 5 rings (SSSR count). The first-order valence-corrected chi connectivity index (χ1v) is 14.4. The molecule has 2 amide bonds. The van der Waals surface area contributed by atoms with Crippen LogP contribution in [-0.2, 0) is 16.1 Å². The van der Waals surface area contributed by atoms with Crippen molar-refractivity contribution < 1.29 is 23.8 Å². The molecule has 14 heteroatoms. The van der Waals surface area contributed by atoms with Gasteiger partial charge in [-0.3, -0.25) is 10.2 Å². The quantitative estimate of drug-likeness (QED) is 0.243. The normalized spacial score (nSPS) is 16.5. The van der Waals surface area contributed by atoms with Gasteiger partial charge in [-0.15, -0.1) is 0 Å². The van der Waals surface area contributed by atoms with Crippen LogP contribution in [0.25, 0.3) is 11.2 Å². The number of nitrogens with zero attached hydrogens (tertiary/aromatic N) is 4. The molecule has 208 valence electrons. The van der Waals surface area contributed by atoms with Crippen LogP contribution in [0.4, 0.5) is 4.79 Å². The number of halogens is 1. The second-order valence-electron chi connectivity index (χ2n) is 9.42. The fourth-order valence-electron chi connectivity index (χ4n) is 4.70. The minimum Gasteiger partial charge on any atom is -0.469 e. The third kappa shape index (κ3) is 6.49. The Hall–Kier alpha value is -3.26. The standard InChI is InChI=1S/C25H30BrN7O5S/c1-36-20(34)5-2-7-28-25(35)32-8-3-4-15(12-32)6-9-33-13-29-22(27)21-23(33)31-24(30-21)39-19-11-18-17(10-16(19)26)37-14-38-18/h10-11,13,15,27H,2-9,12,14H2,1H3,(H,28,35)(H,30,31). The first-order chi connectivity index (χ1) is 18.9. The summed E-state index contributed by atoms with van der Waals surface area (Å²) in [6.45, 7) is 2.72. The molecule has 3 N–H and O–H groups in total. The Morgan fingerprint density at radius 2 is 2.15 bits per heavy atom. The van der Waals surface area contributed by atoms with E-state index in [2.05, 4.69) is 36.0 Å². The maximum Gasteiger partial charge on any atom is 0.317 e. The Kier molecular flexibility index (Phi) is 8.60. The summed E-state index contributed by atoms with van der Waals surface area (Å²) in [6, 6.07) is 3.69. The molecule has 0 bridgehead atoms. The fraction of sp³-hybridized carbons (Fsp3) is 0.480. The summed E-state index contributed by atoms with van der Waals surface area (Å²) in [5.41, 5.74) is 1.39. The fourth-order valence-corrected chi connectivity index (χ4v) is 6.09. The van der Waals surface area contributed by atoms with E-state index < -0.39 is 0 Å². The molecule has 0 radical (unpaired) electrons. The molecule has 12 nitrogen and oxygen atoms in total. The van der Waals surface area contributed by atoms with Gasteiger partial charge in [0.25, 0.3) is 0 Å². The largest absolute Gasteiger partial charge is 0.469 e. The van der Waals surface area contributed by atoms with Gasteiger partial charge in [0.05, 0.1) is 13.4 Å². The van der Waals surface area contributed by atoms with Crippen LogP contribution in [0.3, 0.4) is 0 Å². The molecular weight excluding hydrogens is 590 g/mol. The number of imidazole rings is 1. The number of methoxy groups -OCH3 is 1. The van der Waals surface area contributed by atoms with Crippen LogP contribution in [-0.4, -0.2) is 70.0 Å². The molecule has 39 heavy (non-hydrogen) atoms. The molecule has 1 atom stereocenters. The lowest BCUT2D eigenvalue weighted by Gasteiger charge is -2.33. The second-order valence-corrected chi connectivity index (χ2v) is 11.3. The third-order valence-electron chi connectivity index (χ3n) is 6.78. The van der Waals surface area contributed by atoms with Crippen LogP contribution in [0.1, 0.15) is 32.1 Å². The van der Waals surface area contributed by atoms with Crippen LogP contribution in [0.2, 0.25) is 0 Å². The number of likely N-dealkylation sites (tertiary alicyclic amines) is 1. The van der Waals surface area contributed by atoms with E-state index in [0.717, 1.165) is 35.2 Å². The molecule has 0 aliphatic carbocycles. The molecule has 1 saturated heterocycles. The predicted octanol–water partition coefficient (Wildman–Crippen LogP) is 3.65. The number of hydrogen-bond donors (Lipinski definition) is 3. The number of benzene rings is 1. The van der Waals surface area contributed by atoms with Gasteiger partial charge < -0.3 is 34.0 Å². The van der Waals surface area contributed by atoms with Crippen molar-refractivity contribution in [1.82, 2.24) is 29.7 Å². The average Bonchev–Trinajstić information content (AvgIpc) is 3.58. The summed E-state index contributed by atoms with van der Waals surface area (Å²) in [6.07, 6.45) is 5.34. The number of aromatic amines is 1. The molecule has 4 heterocycles. The number of ether oxygens (including phenoxy) is 3. The van der Waals surface area contributed by atoms with Gasteiger partial charge in [-0.2, -0.15) is 0 Å². The lowest BCUT2D eigenvalue weighted by Crippen LogP contribution is -2.46. The van der Waals surface area contributed by atoms with Crippen molar-refractivity contribution in [3.8, 4) is 11.5 Å². The van der Waals surface area contributed by atoms with E-state index >= 15 is 0 Å². The summed E-state index contributed by atoms with van der Waals surface area (Å²) in [7, 11) is 1.36. The van der Waals surface area contributed by atoms with E-state index in [0.29, 0.717) is 59.8 Å². The van der Waals surface area contributed by atoms with Gasteiger partial charge >= 0.3 is 12.0 Å². The van der Waals surface area contributed by atoms with E-state index in [4.69, 9.17) is 19.9 Å². The van der Waals surface area contributed by atoms with Gasteiger partial charge in [0.2, 0.25) is 6.79 Å². The Balaban J connectivity index is 1.20. The minimum atomic E-state index is -0.273. The Morgan fingerprint density at radius 3 is 2.97 bits per heavy atom. The summed E-state index contributed by atoms with van der Waals surface area (Å²) >= 11 is 5.02. The Bertz CT molecular complexity index is 1430. The van der Waals surface area contributed by atoms with Gasteiger partial charge in [0, 0.05) is 42.0 Å². The van der Waals surface area contributed by atoms with E-state index in [-0.39, 0.29) is 30.7 Å². The van der Waals surface area contributed by atoms with Crippen molar-refractivity contribution in [1.29, 1.82) is 5.41 Å². The van der Waals surface area contributed by atoms with Crippen LogP contribution in [0, 0.1) is 11.3 Å². The van der Waals surface area contributed by atoms with Crippen LogP contribution < -0.4 is 20.3 Å². The number of urea groups is 1. The molecule has 0 saturated carbocycles. The van der Waals surface area contributed by atoms with Crippen molar-refractivity contribution in [2.45, 2.75) is 48.7 Å². The zero-order valence-electron chi connectivity index (χ0n) is 21.5. The van der Waals surface area contributed by atoms with E-state index in [9.17, 15) is 9.59 Å². The number of H-pyrrole nitrogens is 1. The number of aromatic nitrogens is 4. The maximum absolute atomic E-state index is 12.6. The summed E-state index contributed by atoms with van der Waals surface area (Å²) < 4.78 is 18.4. The molecule has 1 unspecified atom stereocenters. The van der Waals surface area contributed by atoms with Crippen LogP contribution >= 0.6 is 27.7 Å². The number of carbonyl (C=O) groups excluding carboxylic acids is 2. The Morgan fingerprint density at radius 1 is 1.33 bits per heavy atom. The third-order valence-corrected chi connectivity index (χ3v) is 8.64. The molecule has 3 aromatic rings. The first-order valence-electron chi connectivity index (χ1n) is 12.8. The van der Waals surface area contributed by atoms with Gasteiger partial charge in [-0.05, 0) is 59.7 Å². The topological polar surface area (TPSA) is 147 Å². The summed E-state index contributed by atoms with van der Waals surface area (Å²) in [4.78, 5) is 38.9. The molecule has 2 aromatic heterocycles. The number of amides is 2. The highest BCUT2D eigenvalue weighted by Crippen LogP contribution is 2.42. The van der Waals surface area contributed by atoms with E-state index in [1.54, 1.807) is 6.33 Å². The van der Waals surface area contributed by atoms with Gasteiger partial charge in [0.15, 0.2) is 27.8 Å². The highest BCUT2D eigenvalue weighted by atomic mass is 79.9. The van der Waals surface area contributed by atoms with Crippen molar-refractivity contribution in [2.24, 2.45) is 5.92 Å². The van der Waals surface area contributed by atoms with Crippen LogP contribution in [0.5, 0.6) is 11.5 Å². The lowest BCUT2D eigenvalue weighted by atomic mass is 9.95. The van der Waals surface area contributed by atoms with Crippen molar-refractivity contribution >= 4 is 50.9 Å². The summed E-state index contributed by atoms with van der Waals surface area (Å²) in [5.74, 6) is 1.45. The number of piperidine rings is 1. The monoisotopic (exact) mass is 619 g/mol. The molecule has 1 aromatic carbocycles. The van der Waals surface area contributed by atoms with Gasteiger partial charge in [0.1, 0.15) is 5.52 Å². The molecule has 1 fully saturated rings. The zero-order chi connectivity index (χ0) is 27.4. The van der Waals surface area contributed by atoms with Crippen molar-refractivity contribution in [2.75, 3.05) is 33.5 Å². The average molecular weight is 621 g/mol. The highest BCUT2D eigenvalue weighted by Gasteiger charge is 2.24. The Labute approximate surface area is 237 Å². The number of fused-ring (bicyclic) bond motifs is 2. The molecule has 2 aliphatic heterocycles. The number of aryl methyl sites for hydroxylation is 1. The predicted molar refractivity (Wildman–Crippen MR) is 146 cm³/mol. The van der Waals surface area contributed by atoms with Crippen LogP contribution in [0.15, 0.2) is 33.0 Å². The van der Waals surface area contributed by atoms with Gasteiger partial charge in [-0.25, -0.2) is 14.8 Å². The number of hydrogen-bond acceptors (Lipinski definition) is 9. The molecule has 2 aliphatic rings. The van der Waals surface area contributed by atoms with Crippen molar-refractivity contribution in [3.05, 3.63) is 28.4 Å². The van der Waals surface area contributed by atoms with E-state index in [1.165, 1.54) is 18.9 Å². The second kappa shape index (κ2) is 12.3. The first kappa shape index (κ1) is 27.3. The van der Waals surface area contributed by atoms with E-state index in [1.807, 2.05) is 21.6 Å². The SMILES string of the molecule is COC(=O)CCCNC(=O)N1CCCC(CCn2cnc(=N)c3[nH]c(Sc4cc5c(cc4Br)OCO5)nc32)C1. The number of carbonyl (C=O) groups is 2. The number of nitrogens with one attached hydrogen (secondary N) is 3. The van der Waals surface area contributed by atoms with Crippen molar-refractivity contribution in [3.63, 3.8) is 0 Å². The zero-order valence-corrected chi connectivity index (χ0v) is 23.9. The molecule has 0 spiro atoms. The smallest absolute Gasteiger partial charge is 0.317 e. The number of esters is 1. The summed E-state index contributed by atoms with van der Waals surface area (Å²) in [5, 5.41) is 11.8. The number of rotatable bonds is 9. The lowest BCUT2D eigenvalue weighted by molar-refractivity contribution is -0.140. The highest BCUT2D eigenvalue weighted by molar-refractivity contribution is 9.10. The minimum absolute atomic E-state index is 0.0940. The maximum atomic E-state index is 12.6. The van der Waals surface area contributed by atoms with Gasteiger partial charge in [-0.1, -0.05) is 11.8 Å².